The second-order valence-electron chi connectivity index (χ2n) is 3.50. The second-order valence-corrected chi connectivity index (χ2v) is 3.50. The van der Waals surface area contributed by atoms with Gasteiger partial charge in [0.2, 0.25) is 0 Å². The van der Waals surface area contributed by atoms with E-state index in [0.717, 1.165) is 17.1 Å². The van der Waals surface area contributed by atoms with Gasteiger partial charge in [0.1, 0.15) is 18.2 Å². The van der Waals surface area contributed by atoms with E-state index in [1.165, 1.54) is 0 Å². The number of aromatic nitrogens is 2. The molecular weight excluding hydrogens is 188 g/mol. The van der Waals surface area contributed by atoms with E-state index in [9.17, 15) is 0 Å². The summed E-state index contributed by atoms with van der Waals surface area (Å²) in [5, 5.41) is 0. The van der Waals surface area contributed by atoms with Crippen molar-refractivity contribution < 1.29 is 8.82 Å². The third-order valence-electron chi connectivity index (χ3n) is 2.58. The molecule has 0 aliphatic rings. The number of aryl methyl sites for hydroxylation is 1. The van der Waals surface area contributed by atoms with Crippen LogP contribution in [0.1, 0.15) is 5.76 Å². The minimum absolute atomic E-state index is 0.928. The van der Waals surface area contributed by atoms with E-state index in [1.54, 1.807) is 6.26 Å². The van der Waals surface area contributed by atoms with Crippen LogP contribution in [0.4, 0.5) is 0 Å². The molecule has 15 heavy (non-hydrogen) atoms. The maximum atomic E-state index is 5.31. The highest BCUT2D eigenvalue weighted by Gasteiger charge is 2.14. The molecule has 0 fully saturated rings. The first kappa shape index (κ1) is 8.29. The minimum Gasteiger partial charge on any atom is -0.465 e. The van der Waals surface area contributed by atoms with Crippen molar-refractivity contribution in [3.05, 3.63) is 54.9 Å². The zero-order chi connectivity index (χ0) is 10.3. The van der Waals surface area contributed by atoms with Gasteiger partial charge in [-0.2, -0.15) is 4.57 Å². The van der Waals surface area contributed by atoms with Crippen molar-refractivity contribution >= 4 is 5.65 Å². The number of furan rings is 1. The first-order chi connectivity index (χ1) is 7.36. The summed E-state index contributed by atoms with van der Waals surface area (Å²) in [7, 11) is 0. The molecule has 3 heteroatoms. The van der Waals surface area contributed by atoms with Gasteiger partial charge in [-0.25, -0.2) is 4.40 Å². The molecule has 3 heterocycles. The third kappa shape index (κ3) is 1.16. The van der Waals surface area contributed by atoms with Crippen LogP contribution in [0.15, 0.2) is 53.5 Å². The summed E-state index contributed by atoms with van der Waals surface area (Å²) in [4.78, 5) is 0. The average Bonchev–Trinajstić information content (AvgIpc) is 2.83. The van der Waals surface area contributed by atoms with Crippen LogP contribution < -0.4 is 4.40 Å². The van der Waals surface area contributed by atoms with Gasteiger partial charge in [0.15, 0.2) is 5.69 Å². The Kier molecular flexibility index (Phi) is 1.65. The van der Waals surface area contributed by atoms with Crippen molar-refractivity contribution in [2.75, 3.05) is 0 Å². The monoisotopic (exact) mass is 199 g/mol. The highest BCUT2D eigenvalue weighted by atomic mass is 16.3. The standard InChI is InChI=1S/C12H11N2O/c1-10-11(5-9-15-10)14-8-7-13-6-3-2-4-12(13)14/h2-9H,1H3/q+1. The van der Waals surface area contributed by atoms with Crippen molar-refractivity contribution in [2.45, 2.75) is 6.92 Å². The van der Waals surface area contributed by atoms with Gasteiger partial charge in [0.25, 0.3) is 5.65 Å². The Balaban J connectivity index is 2.32. The van der Waals surface area contributed by atoms with Crippen molar-refractivity contribution in [1.29, 1.82) is 0 Å². The summed E-state index contributed by atoms with van der Waals surface area (Å²) in [6.07, 6.45) is 7.81. The molecule has 74 valence electrons. The molecule has 0 bridgehead atoms. The van der Waals surface area contributed by atoms with Gasteiger partial charge in [-0.15, -0.1) is 0 Å². The number of rotatable bonds is 1. The lowest BCUT2D eigenvalue weighted by atomic mass is 10.4. The van der Waals surface area contributed by atoms with Crippen molar-refractivity contribution in [3.8, 4) is 5.69 Å². The van der Waals surface area contributed by atoms with E-state index in [2.05, 4.69) is 15.0 Å². The van der Waals surface area contributed by atoms with Crippen LogP contribution in [0.2, 0.25) is 0 Å². The van der Waals surface area contributed by atoms with E-state index in [1.807, 2.05) is 43.7 Å². The smallest absolute Gasteiger partial charge is 0.291 e. The molecule has 0 saturated heterocycles. The lowest BCUT2D eigenvalue weighted by molar-refractivity contribution is -0.510. The molecule has 0 N–H and O–H groups in total. The summed E-state index contributed by atoms with van der Waals surface area (Å²) >= 11 is 0. The third-order valence-corrected chi connectivity index (χ3v) is 2.58. The lowest BCUT2D eigenvalue weighted by Gasteiger charge is -1.93. The van der Waals surface area contributed by atoms with E-state index in [0.29, 0.717) is 0 Å². The summed E-state index contributed by atoms with van der Waals surface area (Å²) in [6.45, 7) is 1.97. The molecule has 0 aliphatic carbocycles. The largest absolute Gasteiger partial charge is 0.465 e. The summed E-state index contributed by atoms with van der Waals surface area (Å²) in [5.74, 6) is 0.928. The number of pyridine rings is 1. The highest BCUT2D eigenvalue weighted by Crippen LogP contribution is 2.16. The topological polar surface area (TPSA) is 22.2 Å². The molecule has 0 saturated carbocycles. The predicted molar refractivity (Wildman–Crippen MR) is 55.9 cm³/mol. The summed E-state index contributed by atoms with van der Waals surface area (Å²) in [6, 6.07) is 8.09. The number of hydrogen-bond donors (Lipinski definition) is 0. The van der Waals surface area contributed by atoms with Gasteiger partial charge in [0.05, 0.1) is 12.5 Å². The molecule has 0 atom stereocenters. The first-order valence-corrected chi connectivity index (χ1v) is 4.88. The first-order valence-electron chi connectivity index (χ1n) is 4.88. The molecule has 3 nitrogen and oxygen atoms in total. The molecule has 0 aromatic carbocycles. The van der Waals surface area contributed by atoms with E-state index in [-0.39, 0.29) is 0 Å². The Labute approximate surface area is 87.2 Å². The highest BCUT2D eigenvalue weighted by molar-refractivity contribution is 5.44. The maximum absolute atomic E-state index is 5.31. The van der Waals surface area contributed by atoms with Gasteiger partial charge >= 0.3 is 0 Å². The van der Waals surface area contributed by atoms with Gasteiger partial charge in [-0.3, -0.25) is 0 Å². The Morgan fingerprint density at radius 3 is 2.93 bits per heavy atom. The van der Waals surface area contributed by atoms with Crippen molar-refractivity contribution in [3.63, 3.8) is 0 Å². The fourth-order valence-corrected chi connectivity index (χ4v) is 1.82. The van der Waals surface area contributed by atoms with E-state index < -0.39 is 0 Å². The Morgan fingerprint density at radius 2 is 2.13 bits per heavy atom. The number of nitrogens with zero attached hydrogens (tertiary/aromatic N) is 2. The Bertz CT molecular complexity index is 607. The normalized spacial score (nSPS) is 11.0. The molecular formula is C12H11N2O+. The van der Waals surface area contributed by atoms with Crippen LogP contribution >= 0.6 is 0 Å². The summed E-state index contributed by atoms with van der Waals surface area (Å²) < 4.78 is 9.49. The fourth-order valence-electron chi connectivity index (χ4n) is 1.82. The predicted octanol–water partition coefficient (Wildman–Crippen LogP) is 2.12. The molecule has 0 amide bonds. The molecule has 3 aromatic rings. The molecule has 3 aromatic heterocycles. The lowest BCUT2D eigenvalue weighted by Crippen LogP contribution is -2.17. The Morgan fingerprint density at radius 1 is 1.20 bits per heavy atom. The molecule has 3 rings (SSSR count). The molecule has 0 aliphatic heterocycles. The molecule has 0 unspecified atom stereocenters. The number of hydrogen-bond acceptors (Lipinski definition) is 1. The number of imidazole rings is 1. The van der Waals surface area contributed by atoms with Gasteiger partial charge in [-0.1, -0.05) is 6.07 Å². The zero-order valence-corrected chi connectivity index (χ0v) is 8.42. The molecule has 0 radical (unpaired) electrons. The second kappa shape index (κ2) is 2.98. The molecule has 0 spiro atoms. The van der Waals surface area contributed by atoms with Gasteiger partial charge in [-0.05, 0) is 13.0 Å². The fraction of sp³-hybridized carbons (Fsp3) is 0.0833. The number of fused-ring (bicyclic) bond motifs is 1. The van der Waals surface area contributed by atoms with Crippen molar-refractivity contribution in [1.82, 2.24) is 4.57 Å². The minimum atomic E-state index is 0.928. The van der Waals surface area contributed by atoms with Crippen LogP contribution in [-0.4, -0.2) is 4.57 Å². The maximum Gasteiger partial charge on any atom is 0.291 e. The van der Waals surface area contributed by atoms with Crippen LogP contribution in [0.3, 0.4) is 0 Å². The van der Waals surface area contributed by atoms with Gasteiger partial charge in [0, 0.05) is 12.1 Å². The van der Waals surface area contributed by atoms with E-state index >= 15 is 0 Å². The Hall–Kier alpha value is -2.03. The van der Waals surface area contributed by atoms with Crippen LogP contribution in [0.25, 0.3) is 11.3 Å². The quantitative estimate of drug-likeness (QED) is 0.550. The van der Waals surface area contributed by atoms with Crippen LogP contribution in [0.5, 0.6) is 0 Å². The summed E-state index contributed by atoms with van der Waals surface area (Å²) in [5.41, 5.74) is 2.21. The SMILES string of the molecule is Cc1occc1-n1cc[n+]2ccccc12. The van der Waals surface area contributed by atoms with Crippen LogP contribution in [0, 0.1) is 6.92 Å². The average molecular weight is 199 g/mol. The van der Waals surface area contributed by atoms with Crippen LogP contribution in [-0.2, 0) is 0 Å². The zero-order valence-electron chi connectivity index (χ0n) is 8.42. The van der Waals surface area contributed by atoms with Gasteiger partial charge < -0.3 is 4.42 Å². The van der Waals surface area contributed by atoms with E-state index in [4.69, 9.17) is 4.42 Å². The van der Waals surface area contributed by atoms with Crippen molar-refractivity contribution in [2.24, 2.45) is 0 Å².